The summed E-state index contributed by atoms with van der Waals surface area (Å²) < 4.78 is 11.3. The number of guanidine groups is 1. The average Bonchev–Trinajstić information content (AvgIpc) is 2.68. The lowest BCUT2D eigenvalue weighted by molar-refractivity contribution is 0.0511. The van der Waals surface area contributed by atoms with Crippen LogP contribution in [0, 0.1) is 0 Å². The first kappa shape index (κ1) is 23.6. The van der Waals surface area contributed by atoms with E-state index in [2.05, 4.69) is 53.3 Å². The molecular formula is C21H34IN3O2S. The van der Waals surface area contributed by atoms with Gasteiger partial charge in [0, 0.05) is 55.8 Å². The Kier molecular flexibility index (Phi) is 8.76. The van der Waals surface area contributed by atoms with Crippen LogP contribution in [0.2, 0.25) is 0 Å². The van der Waals surface area contributed by atoms with Gasteiger partial charge in [-0.2, -0.15) is 11.8 Å². The molecule has 1 aromatic carbocycles. The fourth-order valence-corrected chi connectivity index (χ4v) is 5.16. The van der Waals surface area contributed by atoms with E-state index in [-0.39, 0.29) is 34.1 Å². The molecule has 158 valence electrons. The van der Waals surface area contributed by atoms with Crippen molar-refractivity contribution in [2.75, 3.05) is 52.8 Å². The summed E-state index contributed by atoms with van der Waals surface area (Å²) >= 11 is 2.04. The SMILES string of the molecule is CN=C(NCC1(c2ccc(OC)cc2)CCOCC1)N1CCSC(C)(C)C1.I. The quantitative estimate of drug-likeness (QED) is 0.373. The molecule has 2 aliphatic heterocycles. The van der Waals surface area contributed by atoms with Crippen molar-refractivity contribution in [3.63, 3.8) is 0 Å². The van der Waals surface area contributed by atoms with Crippen LogP contribution in [0.5, 0.6) is 5.75 Å². The Hall–Kier alpha value is -0.670. The molecular weight excluding hydrogens is 485 g/mol. The van der Waals surface area contributed by atoms with Crippen LogP contribution in [0.1, 0.15) is 32.3 Å². The highest BCUT2D eigenvalue weighted by Gasteiger charge is 2.36. The number of methoxy groups -OCH3 is 1. The number of hydrogen-bond acceptors (Lipinski definition) is 4. The fraction of sp³-hybridized carbons (Fsp3) is 0.667. The minimum Gasteiger partial charge on any atom is -0.497 e. The maximum Gasteiger partial charge on any atom is 0.193 e. The molecule has 5 nitrogen and oxygen atoms in total. The zero-order chi connectivity index (χ0) is 19.3. The first-order valence-electron chi connectivity index (χ1n) is 9.80. The molecule has 1 aromatic rings. The van der Waals surface area contributed by atoms with Gasteiger partial charge in [0.05, 0.1) is 7.11 Å². The monoisotopic (exact) mass is 519 g/mol. The van der Waals surface area contributed by atoms with Gasteiger partial charge in [-0.1, -0.05) is 12.1 Å². The third-order valence-corrected chi connectivity index (χ3v) is 6.97. The molecule has 3 rings (SSSR count). The van der Waals surface area contributed by atoms with Crippen LogP contribution in [-0.4, -0.2) is 68.4 Å². The van der Waals surface area contributed by atoms with E-state index in [4.69, 9.17) is 9.47 Å². The van der Waals surface area contributed by atoms with E-state index in [1.54, 1.807) is 7.11 Å². The van der Waals surface area contributed by atoms with Crippen LogP contribution < -0.4 is 10.1 Å². The van der Waals surface area contributed by atoms with Gasteiger partial charge in [-0.25, -0.2) is 0 Å². The van der Waals surface area contributed by atoms with Crippen molar-refractivity contribution in [2.45, 2.75) is 36.9 Å². The third-order valence-electron chi connectivity index (χ3n) is 5.67. The first-order chi connectivity index (χ1) is 13.0. The number of nitrogens with one attached hydrogen (secondary N) is 1. The number of nitrogens with zero attached hydrogens (tertiary/aromatic N) is 2. The van der Waals surface area contributed by atoms with E-state index in [1.165, 1.54) is 5.56 Å². The Balaban J connectivity index is 0.00000280. The molecule has 0 aliphatic carbocycles. The molecule has 0 atom stereocenters. The number of hydrogen-bond donors (Lipinski definition) is 1. The van der Waals surface area contributed by atoms with Crippen LogP contribution in [0.4, 0.5) is 0 Å². The highest BCUT2D eigenvalue weighted by molar-refractivity contribution is 14.0. The minimum absolute atomic E-state index is 0. The Bertz CT molecular complexity index is 646. The summed E-state index contributed by atoms with van der Waals surface area (Å²) in [6.07, 6.45) is 2.04. The van der Waals surface area contributed by atoms with Gasteiger partial charge < -0.3 is 19.7 Å². The van der Waals surface area contributed by atoms with Gasteiger partial charge in [-0.3, -0.25) is 4.99 Å². The van der Waals surface area contributed by atoms with Crippen molar-refractivity contribution in [3.8, 4) is 5.75 Å². The Morgan fingerprint density at radius 3 is 2.50 bits per heavy atom. The summed E-state index contributed by atoms with van der Waals surface area (Å²) in [4.78, 5) is 6.99. The molecule has 0 unspecified atom stereocenters. The van der Waals surface area contributed by atoms with Crippen LogP contribution in [-0.2, 0) is 10.2 Å². The number of aliphatic imine (C=N–C) groups is 1. The molecule has 2 fully saturated rings. The largest absolute Gasteiger partial charge is 0.497 e. The van der Waals surface area contributed by atoms with E-state index >= 15 is 0 Å². The van der Waals surface area contributed by atoms with Crippen LogP contribution in [0.3, 0.4) is 0 Å². The highest BCUT2D eigenvalue weighted by Crippen LogP contribution is 2.35. The second kappa shape index (κ2) is 10.4. The molecule has 0 bridgehead atoms. The van der Waals surface area contributed by atoms with Gasteiger partial charge in [0.2, 0.25) is 0 Å². The lowest BCUT2D eigenvalue weighted by Crippen LogP contribution is -2.54. The molecule has 28 heavy (non-hydrogen) atoms. The van der Waals surface area contributed by atoms with Gasteiger partial charge in [0.25, 0.3) is 0 Å². The van der Waals surface area contributed by atoms with Crippen LogP contribution in [0.25, 0.3) is 0 Å². The molecule has 7 heteroatoms. The van der Waals surface area contributed by atoms with Crippen molar-refractivity contribution < 1.29 is 9.47 Å². The number of rotatable bonds is 4. The number of thioether (sulfide) groups is 1. The zero-order valence-corrected chi connectivity index (χ0v) is 20.6. The maximum atomic E-state index is 5.67. The highest BCUT2D eigenvalue weighted by atomic mass is 127. The van der Waals surface area contributed by atoms with Gasteiger partial charge in [-0.05, 0) is 44.4 Å². The Morgan fingerprint density at radius 2 is 1.93 bits per heavy atom. The van der Waals surface area contributed by atoms with Crippen molar-refractivity contribution in [1.29, 1.82) is 0 Å². The molecule has 0 radical (unpaired) electrons. The van der Waals surface area contributed by atoms with Crippen LogP contribution in [0.15, 0.2) is 29.3 Å². The molecule has 0 saturated carbocycles. The topological polar surface area (TPSA) is 46.1 Å². The van der Waals surface area contributed by atoms with Crippen molar-refractivity contribution in [1.82, 2.24) is 10.2 Å². The predicted octanol–water partition coefficient (Wildman–Crippen LogP) is 3.76. The normalized spacial score (nSPS) is 21.6. The summed E-state index contributed by atoms with van der Waals surface area (Å²) in [6.45, 7) is 9.18. The number of halogens is 1. The van der Waals surface area contributed by atoms with Gasteiger partial charge in [0.15, 0.2) is 5.96 Å². The third kappa shape index (κ3) is 5.69. The fourth-order valence-electron chi connectivity index (χ4n) is 4.05. The summed E-state index contributed by atoms with van der Waals surface area (Å²) in [6, 6.07) is 8.53. The number of ether oxygens (including phenoxy) is 2. The Morgan fingerprint density at radius 1 is 1.25 bits per heavy atom. The molecule has 2 saturated heterocycles. The molecule has 0 spiro atoms. The van der Waals surface area contributed by atoms with Crippen molar-refractivity contribution in [3.05, 3.63) is 29.8 Å². The zero-order valence-electron chi connectivity index (χ0n) is 17.5. The van der Waals surface area contributed by atoms with Gasteiger partial charge in [0.1, 0.15) is 5.75 Å². The second-order valence-corrected chi connectivity index (χ2v) is 9.85. The van der Waals surface area contributed by atoms with Gasteiger partial charge in [-0.15, -0.1) is 24.0 Å². The van der Waals surface area contributed by atoms with Crippen molar-refractivity contribution in [2.24, 2.45) is 4.99 Å². The Labute approximate surface area is 191 Å². The summed E-state index contributed by atoms with van der Waals surface area (Å²) in [5, 5.41) is 3.69. The lowest BCUT2D eigenvalue weighted by atomic mass is 9.74. The minimum atomic E-state index is 0. The maximum absolute atomic E-state index is 5.67. The molecule has 2 heterocycles. The predicted molar refractivity (Wildman–Crippen MR) is 130 cm³/mol. The van der Waals surface area contributed by atoms with E-state index < -0.39 is 0 Å². The molecule has 0 amide bonds. The summed E-state index contributed by atoms with van der Waals surface area (Å²) in [5.74, 6) is 3.06. The van der Waals surface area contributed by atoms with E-state index in [0.717, 1.165) is 63.2 Å². The van der Waals surface area contributed by atoms with Gasteiger partial charge >= 0.3 is 0 Å². The van der Waals surface area contributed by atoms with E-state index in [9.17, 15) is 0 Å². The standard InChI is InChI=1S/C21H33N3O2S.HI/c1-20(2)16-24(11-14-27-20)19(22-3)23-15-21(9-12-26-13-10-21)17-5-7-18(25-4)8-6-17;/h5-8H,9-16H2,1-4H3,(H,22,23);1H. The first-order valence-corrected chi connectivity index (χ1v) is 10.8. The average molecular weight is 519 g/mol. The molecule has 2 aliphatic rings. The number of benzene rings is 1. The van der Waals surface area contributed by atoms with Crippen molar-refractivity contribution >= 4 is 41.7 Å². The summed E-state index contributed by atoms with van der Waals surface area (Å²) in [5.41, 5.74) is 1.42. The smallest absolute Gasteiger partial charge is 0.193 e. The second-order valence-electron chi connectivity index (χ2n) is 8.05. The molecule has 1 N–H and O–H groups in total. The lowest BCUT2D eigenvalue weighted by Gasteiger charge is -2.42. The van der Waals surface area contributed by atoms with E-state index in [0.29, 0.717) is 0 Å². The molecule has 0 aromatic heterocycles. The van der Waals surface area contributed by atoms with Crippen LogP contribution >= 0.6 is 35.7 Å². The summed E-state index contributed by atoms with van der Waals surface area (Å²) in [7, 11) is 3.60. The van der Waals surface area contributed by atoms with E-state index in [1.807, 2.05) is 18.8 Å².